The van der Waals surface area contributed by atoms with Crippen LogP contribution >= 0.6 is 0 Å². The Balaban J connectivity index is 2.85. The number of nitriles is 2. The van der Waals surface area contributed by atoms with Crippen LogP contribution in [0.15, 0.2) is 29.8 Å². The van der Waals surface area contributed by atoms with E-state index in [0.29, 0.717) is 11.3 Å². The summed E-state index contributed by atoms with van der Waals surface area (Å²) in [7, 11) is 0. The van der Waals surface area contributed by atoms with Gasteiger partial charge in [0.1, 0.15) is 23.5 Å². The minimum Gasteiger partial charge on any atom is -0.479 e. The second-order valence-corrected chi connectivity index (χ2v) is 3.05. The fourth-order valence-electron chi connectivity index (χ4n) is 1.10. The number of benzene rings is 1. The smallest absolute Gasteiger partial charge is 0.259 e. The lowest BCUT2D eigenvalue weighted by molar-refractivity contribution is -0.114. The van der Waals surface area contributed by atoms with Crippen molar-refractivity contribution in [2.24, 2.45) is 5.73 Å². The Morgan fingerprint density at radius 2 is 2.00 bits per heavy atom. The van der Waals surface area contributed by atoms with Crippen LogP contribution < -0.4 is 10.5 Å². The summed E-state index contributed by atoms with van der Waals surface area (Å²) in [5.41, 5.74) is 5.54. The summed E-state index contributed by atoms with van der Waals surface area (Å²) in [6.45, 7) is -0.0279. The molecule has 17 heavy (non-hydrogen) atoms. The molecule has 2 N–H and O–H groups in total. The average molecular weight is 227 g/mol. The molecule has 0 bridgehead atoms. The molecule has 0 atom stereocenters. The lowest BCUT2D eigenvalue weighted by Crippen LogP contribution is -2.12. The van der Waals surface area contributed by atoms with Crippen molar-refractivity contribution < 1.29 is 9.53 Å². The van der Waals surface area contributed by atoms with Gasteiger partial charge >= 0.3 is 0 Å². The molecule has 0 spiro atoms. The van der Waals surface area contributed by atoms with E-state index in [1.165, 1.54) is 6.08 Å². The molecular formula is C12H9N3O2. The molecule has 0 heterocycles. The van der Waals surface area contributed by atoms with Gasteiger partial charge in [0.25, 0.3) is 5.91 Å². The van der Waals surface area contributed by atoms with E-state index in [0.717, 1.165) is 0 Å². The minimum atomic E-state index is -0.766. The highest BCUT2D eigenvalue weighted by atomic mass is 16.5. The quantitative estimate of drug-likeness (QED) is 0.612. The highest BCUT2D eigenvalue weighted by Crippen LogP contribution is 2.14. The van der Waals surface area contributed by atoms with E-state index in [9.17, 15) is 4.79 Å². The van der Waals surface area contributed by atoms with Crippen LogP contribution in [0.5, 0.6) is 5.75 Å². The molecule has 0 aromatic heterocycles. The van der Waals surface area contributed by atoms with Crippen LogP contribution in [0.4, 0.5) is 0 Å². The Morgan fingerprint density at radius 3 is 2.47 bits per heavy atom. The monoisotopic (exact) mass is 227 g/mol. The summed E-state index contributed by atoms with van der Waals surface area (Å²) in [4.78, 5) is 10.8. The van der Waals surface area contributed by atoms with Crippen molar-refractivity contribution in [3.8, 4) is 17.9 Å². The van der Waals surface area contributed by atoms with Crippen LogP contribution in [0.3, 0.4) is 0 Å². The van der Waals surface area contributed by atoms with Gasteiger partial charge in [-0.15, -0.1) is 0 Å². The highest BCUT2D eigenvalue weighted by molar-refractivity contribution is 6.00. The number of nitrogens with zero attached hydrogens (tertiary/aromatic N) is 2. The first-order chi connectivity index (χ1) is 8.17. The maximum Gasteiger partial charge on any atom is 0.259 e. The van der Waals surface area contributed by atoms with Gasteiger partial charge in [-0.3, -0.25) is 4.79 Å². The van der Waals surface area contributed by atoms with Crippen molar-refractivity contribution in [3.05, 3.63) is 35.4 Å². The summed E-state index contributed by atoms with van der Waals surface area (Å²) in [5.74, 6) is -0.224. The van der Waals surface area contributed by atoms with Crippen LogP contribution in [0.25, 0.3) is 6.08 Å². The maximum absolute atomic E-state index is 10.8. The lowest BCUT2D eigenvalue weighted by atomic mass is 10.1. The molecule has 0 unspecified atom stereocenters. The Morgan fingerprint density at radius 1 is 1.35 bits per heavy atom. The van der Waals surface area contributed by atoms with Crippen LogP contribution in [0.1, 0.15) is 5.56 Å². The largest absolute Gasteiger partial charge is 0.479 e. The van der Waals surface area contributed by atoms with Gasteiger partial charge in [-0.1, -0.05) is 12.1 Å². The number of hydrogen-bond donors (Lipinski definition) is 1. The zero-order chi connectivity index (χ0) is 12.7. The second kappa shape index (κ2) is 5.94. The van der Waals surface area contributed by atoms with Gasteiger partial charge in [-0.2, -0.15) is 10.5 Å². The molecule has 1 aromatic carbocycles. The first kappa shape index (κ1) is 12.3. The lowest BCUT2D eigenvalue weighted by Gasteiger charge is -2.01. The number of hydrogen-bond acceptors (Lipinski definition) is 4. The molecule has 5 heteroatoms. The van der Waals surface area contributed by atoms with E-state index in [-0.39, 0.29) is 12.2 Å². The third kappa shape index (κ3) is 3.69. The van der Waals surface area contributed by atoms with E-state index in [2.05, 4.69) is 0 Å². The van der Waals surface area contributed by atoms with Gasteiger partial charge in [0.05, 0.1) is 0 Å². The first-order valence-corrected chi connectivity index (χ1v) is 4.69. The SMILES string of the molecule is N#CCOc1ccc(C=C(C#N)C(N)=O)cc1. The summed E-state index contributed by atoms with van der Waals surface area (Å²) in [6, 6.07) is 10.2. The van der Waals surface area contributed by atoms with E-state index in [4.69, 9.17) is 21.0 Å². The molecule has 0 radical (unpaired) electrons. The molecule has 0 saturated carbocycles. The molecule has 84 valence electrons. The molecule has 1 rings (SSSR count). The molecule has 0 aliphatic rings. The van der Waals surface area contributed by atoms with Gasteiger partial charge in [0.2, 0.25) is 0 Å². The number of carbonyl (C=O) groups excluding carboxylic acids is 1. The standard InChI is InChI=1S/C12H9N3O2/c13-5-6-17-11-3-1-9(2-4-11)7-10(8-14)12(15)16/h1-4,7H,6H2,(H2,15,16). The third-order valence-electron chi connectivity index (χ3n) is 1.88. The number of ether oxygens (including phenoxy) is 1. The molecule has 0 aliphatic carbocycles. The predicted molar refractivity (Wildman–Crippen MR) is 60.3 cm³/mol. The molecular weight excluding hydrogens is 218 g/mol. The van der Waals surface area contributed by atoms with Crippen molar-refractivity contribution in [1.82, 2.24) is 0 Å². The van der Waals surface area contributed by atoms with E-state index in [1.807, 2.05) is 6.07 Å². The van der Waals surface area contributed by atoms with Crippen LogP contribution in [0, 0.1) is 22.7 Å². The van der Waals surface area contributed by atoms with Crippen LogP contribution in [-0.4, -0.2) is 12.5 Å². The summed E-state index contributed by atoms with van der Waals surface area (Å²) in [5, 5.41) is 17.0. The Kier molecular flexibility index (Phi) is 4.29. The molecule has 5 nitrogen and oxygen atoms in total. The first-order valence-electron chi connectivity index (χ1n) is 4.69. The van der Waals surface area contributed by atoms with Crippen molar-refractivity contribution in [2.75, 3.05) is 6.61 Å². The van der Waals surface area contributed by atoms with E-state index >= 15 is 0 Å². The Bertz CT molecular complexity index is 518. The third-order valence-corrected chi connectivity index (χ3v) is 1.88. The average Bonchev–Trinajstić information content (AvgIpc) is 2.34. The zero-order valence-corrected chi connectivity index (χ0v) is 8.88. The number of nitrogens with two attached hydrogens (primary N) is 1. The van der Waals surface area contributed by atoms with Crippen LogP contribution in [0.2, 0.25) is 0 Å². The van der Waals surface area contributed by atoms with Crippen LogP contribution in [-0.2, 0) is 4.79 Å². The minimum absolute atomic E-state index is 0.0279. The second-order valence-electron chi connectivity index (χ2n) is 3.05. The number of carbonyl (C=O) groups is 1. The van der Waals surface area contributed by atoms with E-state index < -0.39 is 5.91 Å². The van der Waals surface area contributed by atoms with Crippen molar-refractivity contribution in [1.29, 1.82) is 10.5 Å². The predicted octanol–water partition coefficient (Wildman–Crippen LogP) is 0.981. The molecule has 0 fully saturated rings. The van der Waals surface area contributed by atoms with E-state index in [1.54, 1.807) is 30.3 Å². The maximum atomic E-state index is 10.8. The highest BCUT2D eigenvalue weighted by Gasteiger charge is 2.03. The van der Waals surface area contributed by atoms with Crippen molar-refractivity contribution >= 4 is 12.0 Å². The van der Waals surface area contributed by atoms with Gasteiger partial charge in [0, 0.05) is 0 Å². The number of amides is 1. The summed E-state index contributed by atoms with van der Waals surface area (Å²) < 4.78 is 5.05. The molecule has 1 amide bonds. The number of primary amides is 1. The zero-order valence-electron chi connectivity index (χ0n) is 8.88. The Labute approximate surface area is 98.3 Å². The molecule has 1 aromatic rings. The molecule has 0 aliphatic heterocycles. The summed E-state index contributed by atoms with van der Waals surface area (Å²) in [6.07, 6.45) is 1.39. The van der Waals surface area contributed by atoms with Gasteiger partial charge in [-0.05, 0) is 23.8 Å². The Hall–Kier alpha value is -2.79. The van der Waals surface area contributed by atoms with Gasteiger partial charge in [-0.25, -0.2) is 0 Å². The van der Waals surface area contributed by atoms with Crippen molar-refractivity contribution in [3.63, 3.8) is 0 Å². The van der Waals surface area contributed by atoms with Gasteiger partial charge < -0.3 is 10.5 Å². The summed E-state index contributed by atoms with van der Waals surface area (Å²) >= 11 is 0. The fourth-order valence-corrected chi connectivity index (χ4v) is 1.10. The fraction of sp³-hybridized carbons (Fsp3) is 0.0833. The molecule has 0 saturated heterocycles. The normalized spacial score (nSPS) is 10.1. The van der Waals surface area contributed by atoms with Gasteiger partial charge in [0.15, 0.2) is 6.61 Å². The topological polar surface area (TPSA) is 99.9 Å². The van der Waals surface area contributed by atoms with Crippen molar-refractivity contribution in [2.45, 2.75) is 0 Å². The number of rotatable bonds is 4.